The minimum absolute atomic E-state index is 0.750. The molecule has 14 heavy (non-hydrogen) atoms. The van der Waals surface area contributed by atoms with Crippen molar-refractivity contribution in [3.8, 4) is 0 Å². The van der Waals surface area contributed by atoms with E-state index in [0.29, 0.717) is 0 Å². The molecule has 0 aliphatic heterocycles. The van der Waals surface area contributed by atoms with Crippen molar-refractivity contribution in [1.29, 1.82) is 0 Å². The summed E-state index contributed by atoms with van der Waals surface area (Å²) in [6, 6.07) is 0. The minimum atomic E-state index is -2.40. The number of hydrogen-bond donors (Lipinski definition) is 2. The van der Waals surface area contributed by atoms with Gasteiger partial charge in [-0.15, -0.1) is 0 Å². The average molecular weight is 234 g/mol. The number of aliphatic hydroxyl groups is 2. The molecule has 76 valence electrons. The predicted molar refractivity (Wildman–Crippen MR) is 43.1 cm³/mol. The normalized spacial score (nSPS) is 9.21. The summed E-state index contributed by atoms with van der Waals surface area (Å²) < 4.78 is 8.25. The van der Waals surface area contributed by atoms with Crippen LogP contribution in [0.3, 0.4) is 0 Å². The summed E-state index contributed by atoms with van der Waals surface area (Å²) in [5.74, 6) is -1.87. The molecule has 0 heterocycles. The molecule has 0 atom stereocenters. The van der Waals surface area contributed by atoms with E-state index in [-0.39, 0.29) is 0 Å². The van der Waals surface area contributed by atoms with Crippen molar-refractivity contribution >= 4 is 11.6 Å². The molecule has 0 aromatic rings. The van der Waals surface area contributed by atoms with Crippen LogP contribution < -0.4 is 0 Å². The zero-order chi connectivity index (χ0) is 11.8. The maximum absolute atomic E-state index is 10.9. The molecule has 0 fully saturated rings. The van der Waals surface area contributed by atoms with Crippen LogP contribution in [0.2, 0.25) is 0 Å². The molecule has 0 amide bonds. The summed E-state index contributed by atoms with van der Waals surface area (Å²) in [6.45, 7) is 5.20. The van der Waals surface area contributed by atoms with Gasteiger partial charge in [0.2, 0.25) is 5.60 Å². The Morgan fingerprint density at radius 3 is 1.64 bits per heavy atom. The molecule has 0 aliphatic rings. The Morgan fingerprint density at radius 2 is 1.50 bits per heavy atom. The molecular weight excluding hydrogens is 224 g/mol. The van der Waals surface area contributed by atoms with Crippen molar-refractivity contribution in [2.75, 3.05) is 6.61 Å². The Kier molecular flexibility index (Phi) is 8.57. The molecule has 2 N–H and O–H groups in total. The van der Waals surface area contributed by atoms with E-state index in [4.69, 9.17) is 8.43 Å². The first-order valence-corrected chi connectivity index (χ1v) is 4.04. The standard InChI is InChI=1S/C8H10O4.O.Ti/c1-3-6(10)8(12,5-9)7(11)4-2;;/h3-4,9,12H,1-2,5H2;;. The van der Waals surface area contributed by atoms with E-state index < -0.39 is 23.8 Å². The van der Waals surface area contributed by atoms with Gasteiger partial charge in [0, 0.05) is 0 Å². The van der Waals surface area contributed by atoms with E-state index in [2.05, 4.69) is 13.2 Å². The Balaban J connectivity index is 0. The van der Waals surface area contributed by atoms with E-state index in [1.807, 2.05) is 0 Å². The van der Waals surface area contributed by atoms with Gasteiger partial charge in [-0.3, -0.25) is 9.59 Å². The Hall–Kier alpha value is -0.746. The van der Waals surface area contributed by atoms with E-state index >= 15 is 0 Å². The summed E-state index contributed by atoms with van der Waals surface area (Å²) >= 11 is 0.750. The van der Waals surface area contributed by atoms with Gasteiger partial charge in [0.1, 0.15) is 0 Å². The van der Waals surface area contributed by atoms with Crippen LogP contribution in [0.25, 0.3) is 0 Å². The van der Waals surface area contributed by atoms with Gasteiger partial charge >= 0.3 is 23.7 Å². The van der Waals surface area contributed by atoms with Crippen LogP contribution in [0.15, 0.2) is 25.3 Å². The monoisotopic (exact) mass is 234 g/mol. The van der Waals surface area contributed by atoms with Crippen molar-refractivity contribution in [3.63, 3.8) is 0 Å². The van der Waals surface area contributed by atoms with E-state index in [1.165, 1.54) is 0 Å². The van der Waals surface area contributed by atoms with Gasteiger partial charge in [0.05, 0.1) is 6.61 Å². The molecule has 0 spiro atoms. The van der Waals surface area contributed by atoms with Crippen molar-refractivity contribution < 1.29 is 43.5 Å². The van der Waals surface area contributed by atoms with Crippen LogP contribution in [-0.4, -0.2) is 34.0 Å². The third kappa shape index (κ3) is 3.55. The van der Waals surface area contributed by atoms with Crippen LogP contribution in [0.4, 0.5) is 0 Å². The Labute approximate surface area is 92.8 Å². The topological polar surface area (TPSA) is 91.7 Å². The Bertz CT molecular complexity index is 228. The van der Waals surface area contributed by atoms with Crippen molar-refractivity contribution in [1.82, 2.24) is 0 Å². The van der Waals surface area contributed by atoms with Crippen LogP contribution in [0.1, 0.15) is 0 Å². The molecule has 0 unspecified atom stereocenters. The van der Waals surface area contributed by atoms with Gasteiger partial charge in [-0.1, -0.05) is 13.2 Å². The first-order chi connectivity index (χ1) is 6.52. The van der Waals surface area contributed by atoms with E-state index in [9.17, 15) is 14.7 Å². The SMILES string of the molecule is C=CC(=O)C(O)(CO)C(=O)C=C.[O]=[Ti]. The van der Waals surface area contributed by atoms with Crippen molar-refractivity contribution in [2.45, 2.75) is 5.60 Å². The first kappa shape index (κ1) is 15.7. The van der Waals surface area contributed by atoms with Gasteiger partial charge < -0.3 is 10.2 Å². The fourth-order valence-electron chi connectivity index (χ4n) is 0.615. The second-order valence-corrected chi connectivity index (χ2v) is 2.16. The van der Waals surface area contributed by atoms with Crippen LogP contribution >= 0.6 is 0 Å². The molecule has 0 radical (unpaired) electrons. The summed E-state index contributed by atoms with van der Waals surface area (Å²) in [6.07, 6.45) is 1.55. The number of carbonyl (C=O) groups is 2. The first-order valence-electron chi connectivity index (χ1n) is 3.40. The zero-order valence-corrected chi connectivity index (χ0v) is 8.96. The van der Waals surface area contributed by atoms with E-state index in [1.54, 1.807) is 0 Å². The second-order valence-electron chi connectivity index (χ2n) is 2.16. The molecule has 5 nitrogen and oxygen atoms in total. The Morgan fingerprint density at radius 1 is 1.21 bits per heavy atom. The molecule has 0 rings (SSSR count). The fraction of sp³-hybridized carbons (Fsp3) is 0.250. The molecule has 6 heteroatoms. The number of rotatable bonds is 5. The molecule has 0 aromatic heterocycles. The number of carbonyl (C=O) groups excluding carboxylic acids is 2. The second kappa shape index (κ2) is 7.64. The van der Waals surface area contributed by atoms with Crippen LogP contribution in [0.5, 0.6) is 0 Å². The fourth-order valence-corrected chi connectivity index (χ4v) is 0.615. The van der Waals surface area contributed by atoms with Gasteiger partial charge in [-0.05, 0) is 12.2 Å². The number of aliphatic hydroxyl groups excluding tert-OH is 1. The van der Waals surface area contributed by atoms with Gasteiger partial charge in [0.15, 0.2) is 11.6 Å². The molecule has 0 saturated heterocycles. The van der Waals surface area contributed by atoms with Gasteiger partial charge in [-0.2, -0.15) is 0 Å². The quantitative estimate of drug-likeness (QED) is 0.365. The van der Waals surface area contributed by atoms with E-state index in [0.717, 1.165) is 32.6 Å². The molecule has 0 saturated carbocycles. The average Bonchev–Trinajstić information content (AvgIpc) is 2.28. The summed E-state index contributed by atoms with van der Waals surface area (Å²) in [5, 5.41) is 17.9. The number of hydrogen-bond acceptors (Lipinski definition) is 5. The molecule has 0 aliphatic carbocycles. The van der Waals surface area contributed by atoms with Crippen LogP contribution in [0, 0.1) is 0 Å². The molecule has 0 bridgehead atoms. The summed E-state index contributed by atoms with van der Waals surface area (Å²) in [7, 11) is 0. The van der Waals surface area contributed by atoms with Gasteiger partial charge in [-0.25, -0.2) is 0 Å². The molecule has 0 aromatic carbocycles. The summed E-state index contributed by atoms with van der Waals surface area (Å²) in [4.78, 5) is 21.7. The summed E-state index contributed by atoms with van der Waals surface area (Å²) in [5.41, 5.74) is -2.40. The third-order valence-corrected chi connectivity index (χ3v) is 1.41. The zero-order valence-electron chi connectivity index (χ0n) is 7.40. The van der Waals surface area contributed by atoms with Crippen molar-refractivity contribution in [3.05, 3.63) is 25.3 Å². The molecular formula is C8H10O5Ti. The van der Waals surface area contributed by atoms with Crippen molar-refractivity contribution in [2.24, 2.45) is 0 Å². The third-order valence-electron chi connectivity index (χ3n) is 1.41. The van der Waals surface area contributed by atoms with Crippen LogP contribution in [-0.2, 0) is 33.3 Å². The maximum atomic E-state index is 10.9. The predicted octanol–water partition coefficient (Wildman–Crippen LogP) is -0.901. The van der Waals surface area contributed by atoms with Gasteiger partial charge in [0.25, 0.3) is 0 Å². The number of ketones is 2.